The molecule has 2 N–H and O–H groups in total. The fraction of sp³-hybridized carbons (Fsp3) is 0.647. The lowest BCUT2D eigenvalue weighted by molar-refractivity contribution is 0.339. The van der Waals surface area contributed by atoms with Crippen LogP contribution in [0.25, 0.3) is 0 Å². The zero-order valence-corrected chi connectivity index (χ0v) is 11.6. The summed E-state index contributed by atoms with van der Waals surface area (Å²) in [4.78, 5) is 0. The number of nitrogens with two attached hydrogens (primary N) is 1. The monoisotopic (exact) mass is 257 g/mol. The number of benzene rings is 1. The third kappa shape index (κ3) is 1.73. The molecule has 3 aliphatic rings. The molecule has 2 nitrogen and oxygen atoms in total. The van der Waals surface area contributed by atoms with E-state index in [0.29, 0.717) is 0 Å². The summed E-state index contributed by atoms with van der Waals surface area (Å²) in [6.07, 6.45) is 4.43. The third-order valence-corrected chi connectivity index (χ3v) is 5.76. The van der Waals surface area contributed by atoms with E-state index in [-0.39, 0.29) is 6.04 Å². The highest BCUT2D eigenvalue weighted by molar-refractivity contribution is 5.33. The van der Waals surface area contributed by atoms with Crippen molar-refractivity contribution in [2.24, 2.45) is 35.3 Å². The van der Waals surface area contributed by atoms with Crippen LogP contribution in [0.3, 0.4) is 0 Å². The molecule has 19 heavy (non-hydrogen) atoms. The van der Waals surface area contributed by atoms with Crippen molar-refractivity contribution in [3.05, 3.63) is 29.8 Å². The summed E-state index contributed by atoms with van der Waals surface area (Å²) in [6.45, 7) is 2.74. The Hall–Kier alpha value is -1.02. The van der Waals surface area contributed by atoms with Crippen molar-refractivity contribution < 1.29 is 4.74 Å². The van der Waals surface area contributed by atoms with Crippen LogP contribution < -0.4 is 10.5 Å². The van der Waals surface area contributed by atoms with Gasteiger partial charge >= 0.3 is 0 Å². The van der Waals surface area contributed by atoms with Crippen molar-refractivity contribution in [3.8, 4) is 5.75 Å². The van der Waals surface area contributed by atoms with E-state index in [2.05, 4.69) is 18.2 Å². The van der Waals surface area contributed by atoms with Crippen LogP contribution in [0.5, 0.6) is 5.75 Å². The van der Waals surface area contributed by atoms with Gasteiger partial charge in [0.05, 0.1) is 6.61 Å². The SMILES string of the molecule is CCOc1cccc(C(N)C2C3C4CCC(C4)C32)c1. The molecule has 0 saturated heterocycles. The van der Waals surface area contributed by atoms with E-state index >= 15 is 0 Å². The molecule has 3 fully saturated rings. The maximum absolute atomic E-state index is 6.55. The van der Waals surface area contributed by atoms with Crippen LogP contribution >= 0.6 is 0 Å². The normalized spacial score (nSPS) is 40.0. The zero-order chi connectivity index (χ0) is 13.0. The molecule has 102 valence electrons. The molecule has 4 rings (SSSR count). The second-order valence-electron chi connectivity index (χ2n) is 6.60. The van der Waals surface area contributed by atoms with Crippen molar-refractivity contribution in [2.75, 3.05) is 6.61 Å². The molecule has 3 saturated carbocycles. The van der Waals surface area contributed by atoms with Crippen molar-refractivity contribution in [1.29, 1.82) is 0 Å². The van der Waals surface area contributed by atoms with Gasteiger partial charge in [0, 0.05) is 6.04 Å². The highest BCUT2D eigenvalue weighted by Gasteiger charge is 2.66. The summed E-state index contributed by atoms with van der Waals surface area (Å²) in [5.74, 6) is 5.61. The second-order valence-corrected chi connectivity index (χ2v) is 6.60. The van der Waals surface area contributed by atoms with E-state index in [9.17, 15) is 0 Å². The van der Waals surface area contributed by atoms with Gasteiger partial charge < -0.3 is 10.5 Å². The maximum Gasteiger partial charge on any atom is 0.119 e. The molecular weight excluding hydrogens is 234 g/mol. The first-order valence-corrected chi connectivity index (χ1v) is 7.78. The Bertz CT molecular complexity index is 470. The third-order valence-electron chi connectivity index (χ3n) is 5.76. The molecule has 2 bridgehead atoms. The van der Waals surface area contributed by atoms with Gasteiger partial charge in [-0.2, -0.15) is 0 Å². The van der Waals surface area contributed by atoms with Gasteiger partial charge in [-0.15, -0.1) is 0 Å². The van der Waals surface area contributed by atoms with Crippen LogP contribution in [0, 0.1) is 29.6 Å². The average Bonchev–Trinajstić information content (AvgIpc) is 2.86. The lowest BCUT2D eigenvalue weighted by atomic mass is 9.93. The molecule has 0 heterocycles. The van der Waals surface area contributed by atoms with Crippen molar-refractivity contribution >= 4 is 0 Å². The van der Waals surface area contributed by atoms with E-state index in [1.54, 1.807) is 0 Å². The van der Waals surface area contributed by atoms with Crippen LogP contribution in [0.2, 0.25) is 0 Å². The predicted octanol–water partition coefficient (Wildman–Crippen LogP) is 3.38. The van der Waals surface area contributed by atoms with Gasteiger partial charge in [-0.1, -0.05) is 12.1 Å². The first-order chi connectivity index (χ1) is 9.29. The quantitative estimate of drug-likeness (QED) is 0.897. The summed E-state index contributed by atoms with van der Waals surface area (Å²) in [5, 5.41) is 0. The lowest BCUT2D eigenvalue weighted by Crippen LogP contribution is -2.17. The molecular formula is C17H23NO. The molecule has 1 aromatic carbocycles. The first kappa shape index (κ1) is 11.8. The van der Waals surface area contributed by atoms with E-state index < -0.39 is 0 Å². The van der Waals surface area contributed by atoms with Gasteiger partial charge in [-0.25, -0.2) is 0 Å². The van der Waals surface area contributed by atoms with E-state index in [1.807, 2.05) is 13.0 Å². The van der Waals surface area contributed by atoms with Gasteiger partial charge in [-0.3, -0.25) is 0 Å². The highest BCUT2D eigenvalue weighted by Crippen LogP contribution is 2.71. The topological polar surface area (TPSA) is 35.2 Å². The molecule has 0 aliphatic heterocycles. The number of ether oxygens (including phenoxy) is 1. The molecule has 0 aromatic heterocycles. The van der Waals surface area contributed by atoms with Gasteiger partial charge in [-0.05, 0) is 73.5 Å². The minimum Gasteiger partial charge on any atom is -0.494 e. The molecule has 2 heteroatoms. The number of hydrogen-bond donors (Lipinski definition) is 1. The van der Waals surface area contributed by atoms with E-state index in [0.717, 1.165) is 41.9 Å². The Kier molecular flexibility index (Phi) is 2.63. The fourth-order valence-electron chi connectivity index (χ4n) is 5.07. The summed E-state index contributed by atoms with van der Waals surface area (Å²) >= 11 is 0. The molecule has 3 aliphatic carbocycles. The maximum atomic E-state index is 6.55. The minimum absolute atomic E-state index is 0.221. The Morgan fingerprint density at radius 1 is 1.26 bits per heavy atom. The predicted molar refractivity (Wildman–Crippen MR) is 75.8 cm³/mol. The number of fused-ring (bicyclic) bond motifs is 5. The van der Waals surface area contributed by atoms with Gasteiger partial charge in [0.2, 0.25) is 0 Å². The van der Waals surface area contributed by atoms with Crippen molar-refractivity contribution in [3.63, 3.8) is 0 Å². The van der Waals surface area contributed by atoms with Crippen LogP contribution in [0.4, 0.5) is 0 Å². The molecule has 5 atom stereocenters. The Morgan fingerprint density at radius 2 is 2.00 bits per heavy atom. The number of rotatable bonds is 4. The van der Waals surface area contributed by atoms with Crippen LogP contribution in [0.15, 0.2) is 24.3 Å². The zero-order valence-electron chi connectivity index (χ0n) is 11.6. The van der Waals surface area contributed by atoms with E-state index in [4.69, 9.17) is 10.5 Å². The van der Waals surface area contributed by atoms with Gasteiger partial charge in [0.15, 0.2) is 0 Å². The highest BCUT2D eigenvalue weighted by atomic mass is 16.5. The summed E-state index contributed by atoms with van der Waals surface area (Å²) in [5.41, 5.74) is 7.82. The summed E-state index contributed by atoms with van der Waals surface area (Å²) in [6, 6.07) is 8.64. The van der Waals surface area contributed by atoms with Crippen LogP contribution in [0.1, 0.15) is 37.8 Å². The first-order valence-electron chi connectivity index (χ1n) is 7.78. The number of hydrogen-bond acceptors (Lipinski definition) is 2. The van der Waals surface area contributed by atoms with Crippen LogP contribution in [-0.2, 0) is 0 Å². The second kappa shape index (κ2) is 4.24. The van der Waals surface area contributed by atoms with Crippen LogP contribution in [-0.4, -0.2) is 6.61 Å². The Labute approximate surface area is 115 Å². The molecule has 0 spiro atoms. The molecule has 1 aromatic rings. The summed E-state index contributed by atoms with van der Waals surface area (Å²) < 4.78 is 5.59. The Balaban J connectivity index is 1.52. The smallest absolute Gasteiger partial charge is 0.119 e. The standard InChI is InChI=1S/C17H23NO/c1-2-19-13-5-3-4-12(9-13)17(18)16-14-10-6-7-11(8-10)15(14)16/h3-5,9-11,14-17H,2,6-8,18H2,1H3. The van der Waals surface area contributed by atoms with Gasteiger partial charge in [0.25, 0.3) is 0 Å². The van der Waals surface area contributed by atoms with Gasteiger partial charge in [0.1, 0.15) is 5.75 Å². The largest absolute Gasteiger partial charge is 0.494 e. The lowest BCUT2D eigenvalue weighted by Gasteiger charge is -2.17. The minimum atomic E-state index is 0.221. The summed E-state index contributed by atoms with van der Waals surface area (Å²) in [7, 11) is 0. The fourth-order valence-corrected chi connectivity index (χ4v) is 5.07. The molecule has 0 amide bonds. The van der Waals surface area contributed by atoms with Crippen molar-refractivity contribution in [2.45, 2.75) is 32.2 Å². The van der Waals surface area contributed by atoms with E-state index in [1.165, 1.54) is 24.8 Å². The van der Waals surface area contributed by atoms with Crippen molar-refractivity contribution in [1.82, 2.24) is 0 Å². The average molecular weight is 257 g/mol. The molecule has 5 unspecified atom stereocenters. The Morgan fingerprint density at radius 3 is 2.68 bits per heavy atom. The molecule has 0 radical (unpaired) electrons.